The largest absolute Gasteiger partial charge is 0.325 e. The molecule has 0 radical (unpaired) electrons. The molecule has 0 fully saturated rings. The first kappa shape index (κ1) is 21.3. The molecule has 4 aromatic rings. The van der Waals surface area contributed by atoms with Crippen molar-refractivity contribution < 1.29 is 4.79 Å². The Hall–Kier alpha value is -3.96. The molecular formula is C24H20N6OS. The molecule has 32 heavy (non-hydrogen) atoms. The first-order valence-electron chi connectivity index (χ1n) is 9.99. The van der Waals surface area contributed by atoms with Gasteiger partial charge in [0.1, 0.15) is 0 Å². The molecule has 1 amide bonds. The number of anilines is 1. The maximum absolute atomic E-state index is 12.5. The lowest BCUT2D eigenvalue weighted by Gasteiger charge is -2.10. The number of amides is 1. The zero-order valence-corrected chi connectivity index (χ0v) is 18.0. The lowest BCUT2D eigenvalue weighted by molar-refractivity contribution is -0.113. The fourth-order valence-corrected chi connectivity index (χ4v) is 3.87. The number of hydrogen-bond acceptors (Lipinski definition) is 6. The molecule has 7 nitrogen and oxygen atoms in total. The molecule has 0 spiro atoms. The summed E-state index contributed by atoms with van der Waals surface area (Å²) in [6.45, 7) is 0.586. The molecule has 4 rings (SSSR count). The van der Waals surface area contributed by atoms with Crippen molar-refractivity contribution in [1.82, 2.24) is 19.7 Å². The number of nitrogens with zero attached hydrogens (tertiary/aromatic N) is 5. The van der Waals surface area contributed by atoms with E-state index in [1.807, 2.05) is 59.2 Å². The molecule has 158 valence electrons. The quantitative estimate of drug-likeness (QED) is 0.413. The van der Waals surface area contributed by atoms with Crippen LogP contribution in [-0.4, -0.2) is 31.4 Å². The highest BCUT2D eigenvalue weighted by molar-refractivity contribution is 7.99. The number of rotatable bonds is 8. The molecule has 0 atom stereocenters. The fraction of sp³-hybridized carbons (Fsp3) is 0.125. The number of carbonyl (C=O) groups excluding carboxylic acids is 1. The Morgan fingerprint density at radius 1 is 1.00 bits per heavy atom. The van der Waals surface area contributed by atoms with Gasteiger partial charge < -0.3 is 5.32 Å². The van der Waals surface area contributed by atoms with Crippen LogP contribution in [0.5, 0.6) is 0 Å². The predicted octanol–water partition coefficient (Wildman–Crippen LogP) is 4.19. The highest BCUT2D eigenvalue weighted by Crippen LogP contribution is 2.25. The third-order valence-corrected chi connectivity index (χ3v) is 5.64. The van der Waals surface area contributed by atoms with Gasteiger partial charge in [-0.3, -0.25) is 14.3 Å². The second-order valence-electron chi connectivity index (χ2n) is 6.99. The van der Waals surface area contributed by atoms with Crippen molar-refractivity contribution in [2.45, 2.75) is 18.1 Å². The molecule has 2 heterocycles. The molecule has 0 saturated heterocycles. The van der Waals surface area contributed by atoms with E-state index >= 15 is 0 Å². The lowest BCUT2D eigenvalue weighted by Crippen LogP contribution is -2.15. The SMILES string of the molecule is N#CCc1ccc(NC(=O)CSc2nnc(-c3cccnc3)n2Cc2ccccc2)cc1. The predicted molar refractivity (Wildman–Crippen MR) is 124 cm³/mol. The van der Waals surface area contributed by atoms with E-state index in [4.69, 9.17) is 5.26 Å². The van der Waals surface area contributed by atoms with Crippen molar-refractivity contribution in [2.75, 3.05) is 11.1 Å². The number of nitrogens with one attached hydrogen (secondary N) is 1. The van der Waals surface area contributed by atoms with E-state index in [-0.39, 0.29) is 11.7 Å². The zero-order valence-electron chi connectivity index (χ0n) is 17.2. The third-order valence-electron chi connectivity index (χ3n) is 4.67. The van der Waals surface area contributed by atoms with E-state index in [0.717, 1.165) is 16.7 Å². The summed E-state index contributed by atoms with van der Waals surface area (Å²) in [5, 5.41) is 21.0. The summed E-state index contributed by atoms with van der Waals surface area (Å²) in [5.74, 6) is 0.762. The number of hydrogen-bond donors (Lipinski definition) is 1. The smallest absolute Gasteiger partial charge is 0.234 e. The maximum Gasteiger partial charge on any atom is 0.234 e. The van der Waals surface area contributed by atoms with Crippen LogP contribution in [0.2, 0.25) is 0 Å². The van der Waals surface area contributed by atoms with Crippen molar-refractivity contribution in [3.63, 3.8) is 0 Å². The Balaban J connectivity index is 1.48. The van der Waals surface area contributed by atoms with Crippen LogP contribution < -0.4 is 5.32 Å². The Labute approximate surface area is 190 Å². The van der Waals surface area contributed by atoms with Crippen LogP contribution in [0.3, 0.4) is 0 Å². The molecule has 2 aromatic heterocycles. The van der Waals surface area contributed by atoms with Crippen molar-refractivity contribution in [1.29, 1.82) is 5.26 Å². The van der Waals surface area contributed by atoms with Gasteiger partial charge in [-0.15, -0.1) is 10.2 Å². The van der Waals surface area contributed by atoms with Crippen molar-refractivity contribution in [3.05, 3.63) is 90.3 Å². The Kier molecular flexibility index (Phi) is 6.90. The van der Waals surface area contributed by atoms with Gasteiger partial charge in [-0.05, 0) is 35.4 Å². The summed E-state index contributed by atoms with van der Waals surface area (Å²) < 4.78 is 2.00. The normalized spacial score (nSPS) is 10.5. The molecule has 0 aliphatic carbocycles. The first-order chi connectivity index (χ1) is 15.7. The van der Waals surface area contributed by atoms with Crippen LogP contribution in [0.4, 0.5) is 5.69 Å². The average Bonchev–Trinajstić information content (AvgIpc) is 3.23. The van der Waals surface area contributed by atoms with Crippen LogP contribution >= 0.6 is 11.8 Å². The number of pyridine rings is 1. The third kappa shape index (κ3) is 5.39. The van der Waals surface area contributed by atoms with Crippen molar-refractivity contribution >= 4 is 23.4 Å². The molecule has 1 N–H and O–H groups in total. The molecule has 0 aliphatic rings. The molecule has 0 bridgehead atoms. The Bertz CT molecular complexity index is 1220. The molecule has 2 aromatic carbocycles. The second-order valence-corrected chi connectivity index (χ2v) is 7.93. The van der Waals surface area contributed by atoms with E-state index in [2.05, 4.69) is 26.6 Å². The minimum Gasteiger partial charge on any atom is -0.325 e. The Morgan fingerprint density at radius 3 is 2.53 bits per heavy atom. The van der Waals surface area contributed by atoms with Crippen LogP contribution in [0.25, 0.3) is 11.4 Å². The summed E-state index contributed by atoms with van der Waals surface area (Å²) in [6.07, 6.45) is 3.82. The molecule has 0 unspecified atom stereocenters. The van der Waals surface area contributed by atoms with Gasteiger partial charge in [0.2, 0.25) is 5.91 Å². The second kappa shape index (κ2) is 10.4. The summed E-state index contributed by atoms with van der Waals surface area (Å²) >= 11 is 1.33. The van der Waals surface area contributed by atoms with Crippen LogP contribution in [0.1, 0.15) is 11.1 Å². The van der Waals surface area contributed by atoms with E-state index < -0.39 is 0 Å². The van der Waals surface area contributed by atoms with Gasteiger partial charge in [0, 0.05) is 23.6 Å². The zero-order chi connectivity index (χ0) is 22.2. The van der Waals surface area contributed by atoms with Gasteiger partial charge in [0.25, 0.3) is 0 Å². The summed E-state index contributed by atoms with van der Waals surface area (Å²) in [4.78, 5) is 16.7. The summed E-state index contributed by atoms with van der Waals surface area (Å²) in [6, 6.07) is 23.2. The van der Waals surface area contributed by atoms with Crippen LogP contribution in [-0.2, 0) is 17.8 Å². The number of thioether (sulfide) groups is 1. The molecule has 0 aliphatic heterocycles. The summed E-state index contributed by atoms with van der Waals surface area (Å²) in [5.41, 5.74) is 3.59. The van der Waals surface area contributed by atoms with E-state index in [1.54, 1.807) is 24.5 Å². The van der Waals surface area contributed by atoms with Gasteiger partial charge >= 0.3 is 0 Å². The minimum atomic E-state index is -0.139. The number of nitriles is 1. The van der Waals surface area contributed by atoms with Gasteiger partial charge in [-0.1, -0.05) is 54.2 Å². The monoisotopic (exact) mass is 440 g/mol. The van der Waals surface area contributed by atoms with Gasteiger partial charge in [-0.2, -0.15) is 5.26 Å². The van der Waals surface area contributed by atoms with E-state index in [9.17, 15) is 4.79 Å². The number of benzene rings is 2. The Morgan fingerprint density at radius 2 is 1.81 bits per heavy atom. The fourth-order valence-electron chi connectivity index (χ4n) is 3.14. The average molecular weight is 441 g/mol. The van der Waals surface area contributed by atoms with Gasteiger partial charge in [0.15, 0.2) is 11.0 Å². The standard InChI is InChI=1S/C24H20N6OS/c25-13-12-18-8-10-21(11-9-18)27-22(31)17-32-24-29-28-23(20-7-4-14-26-15-20)30(24)16-19-5-2-1-3-6-19/h1-11,14-15H,12,16-17H2,(H,27,31). The van der Waals surface area contributed by atoms with Crippen LogP contribution in [0.15, 0.2) is 84.3 Å². The van der Waals surface area contributed by atoms with Crippen molar-refractivity contribution in [2.24, 2.45) is 0 Å². The van der Waals surface area contributed by atoms with E-state index in [1.165, 1.54) is 11.8 Å². The molecular weight excluding hydrogens is 420 g/mol. The number of carbonyl (C=O) groups is 1. The van der Waals surface area contributed by atoms with Crippen molar-refractivity contribution in [3.8, 4) is 17.5 Å². The lowest BCUT2D eigenvalue weighted by atomic mass is 10.1. The highest BCUT2D eigenvalue weighted by Gasteiger charge is 2.16. The maximum atomic E-state index is 12.5. The first-order valence-corrected chi connectivity index (χ1v) is 11.0. The topological polar surface area (TPSA) is 96.5 Å². The van der Waals surface area contributed by atoms with Crippen LogP contribution in [0, 0.1) is 11.3 Å². The molecule has 0 saturated carbocycles. The van der Waals surface area contributed by atoms with E-state index in [0.29, 0.717) is 29.6 Å². The highest BCUT2D eigenvalue weighted by atomic mass is 32.2. The number of aromatic nitrogens is 4. The summed E-state index contributed by atoms with van der Waals surface area (Å²) in [7, 11) is 0. The molecule has 8 heteroatoms. The minimum absolute atomic E-state index is 0.139. The van der Waals surface area contributed by atoms with Gasteiger partial charge in [0.05, 0.1) is 24.8 Å². The van der Waals surface area contributed by atoms with Gasteiger partial charge in [-0.25, -0.2) is 0 Å².